The lowest BCUT2D eigenvalue weighted by atomic mass is 10.3. The van der Waals surface area contributed by atoms with Crippen molar-refractivity contribution in [3.05, 3.63) is 23.7 Å². The van der Waals surface area contributed by atoms with E-state index >= 15 is 0 Å². The lowest BCUT2D eigenvalue weighted by molar-refractivity contribution is 0.0521. The monoisotopic (exact) mass is 237 g/mol. The minimum absolute atomic E-state index is 0.213. The van der Waals surface area contributed by atoms with Crippen molar-refractivity contribution >= 4 is 11.8 Å². The highest BCUT2D eigenvalue weighted by Gasteiger charge is 2.18. The number of carbonyl (C=O) groups is 1. The fourth-order valence-corrected chi connectivity index (χ4v) is 1.58. The van der Waals surface area contributed by atoms with Gasteiger partial charge in [0, 0.05) is 6.54 Å². The molecule has 5 nitrogen and oxygen atoms in total. The molecule has 0 aliphatic heterocycles. The lowest BCUT2D eigenvalue weighted by Crippen LogP contribution is -2.10. The average Bonchev–Trinajstić information content (AvgIpc) is 2.57. The van der Waals surface area contributed by atoms with Crippen molar-refractivity contribution in [2.45, 2.75) is 33.7 Å². The number of imidazole rings is 1. The molecule has 1 aromatic heterocycles. The first-order valence-electron chi connectivity index (χ1n) is 5.72. The number of aromatic nitrogens is 2. The smallest absolute Gasteiger partial charge is 0.360 e. The number of anilines is 1. The Morgan fingerprint density at radius 3 is 2.88 bits per heavy atom. The van der Waals surface area contributed by atoms with Crippen LogP contribution >= 0.6 is 0 Å². The zero-order valence-electron chi connectivity index (χ0n) is 10.6. The summed E-state index contributed by atoms with van der Waals surface area (Å²) in [7, 11) is 0. The van der Waals surface area contributed by atoms with E-state index in [9.17, 15) is 4.79 Å². The standard InChI is InChI=1S/C12H19N3O2/c1-4-6-7-8-15-9(3)14-10(11(15)13)12(16)17-5-2/h4,6H,5,7-8,13H2,1-3H3/b6-4+. The molecule has 0 fully saturated rings. The van der Waals surface area contributed by atoms with Crippen LogP contribution in [0.15, 0.2) is 12.2 Å². The van der Waals surface area contributed by atoms with Crippen LogP contribution in [0.1, 0.15) is 36.6 Å². The van der Waals surface area contributed by atoms with Crippen LogP contribution in [0.2, 0.25) is 0 Å². The topological polar surface area (TPSA) is 70.1 Å². The predicted molar refractivity (Wildman–Crippen MR) is 66.8 cm³/mol. The van der Waals surface area contributed by atoms with Gasteiger partial charge in [-0.05, 0) is 27.2 Å². The van der Waals surface area contributed by atoms with Crippen molar-refractivity contribution in [3.63, 3.8) is 0 Å². The Bertz CT molecular complexity index is 422. The van der Waals surface area contributed by atoms with Crippen LogP contribution in [-0.2, 0) is 11.3 Å². The van der Waals surface area contributed by atoms with Crippen molar-refractivity contribution in [1.82, 2.24) is 9.55 Å². The molecule has 0 bridgehead atoms. The fourth-order valence-electron chi connectivity index (χ4n) is 1.58. The zero-order valence-corrected chi connectivity index (χ0v) is 10.6. The largest absolute Gasteiger partial charge is 0.461 e. The third-order valence-corrected chi connectivity index (χ3v) is 2.42. The van der Waals surface area contributed by atoms with Crippen LogP contribution in [0.4, 0.5) is 5.82 Å². The van der Waals surface area contributed by atoms with Gasteiger partial charge in [0.2, 0.25) is 0 Å². The van der Waals surface area contributed by atoms with Crippen LogP contribution in [0.3, 0.4) is 0 Å². The third-order valence-electron chi connectivity index (χ3n) is 2.42. The van der Waals surface area contributed by atoms with E-state index in [4.69, 9.17) is 10.5 Å². The van der Waals surface area contributed by atoms with Gasteiger partial charge in [0.05, 0.1) is 6.61 Å². The maximum absolute atomic E-state index is 11.6. The van der Waals surface area contributed by atoms with Crippen LogP contribution in [0.25, 0.3) is 0 Å². The molecule has 17 heavy (non-hydrogen) atoms. The van der Waals surface area contributed by atoms with E-state index in [0.29, 0.717) is 19.0 Å². The number of esters is 1. The van der Waals surface area contributed by atoms with E-state index in [1.807, 2.05) is 30.6 Å². The summed E-state index contributed by atoms with van der Waals surface area (Å²) in [5, 5.41) is 0. The Kier molecular flexibility index (Phi) is 4.75. The van der Waals surface area contributed by atoms with E-state index in [1.54, 1.807) is 6.92 Å². The van der Waals surface area contributed by atoms with E-state index in [0.717, 1.165) is 12.2 Å². The number of allylic oxidation sites excluding steroid dienone is 2. The molecule has 0 saturated carbocycles. The summed E-state index contributed by atoms with van der Waals surface area (Å²) in [4.78, 5) is 15.7. The SMILES string of the molecule is C/C=C/CCn1c(C)nc(C(=O)OCC)c1N. The van der Waals surface area contributed by atoms with Crippen LogP contribution < -0.4 is 5.73 Å². The van der Waals surface area contributed by atoms with Crippen molar-refractivity contribution in [1.29, 1.82) is 0 Å². The molecule has 94 valence electrons. The highest BCUT2D eigenvalue weighted by atomic mass is 16.5. The first kappa shape index (κ1) is 13.3. The maximum Gasteiger partial charge on any atom is 0.360 e. The van der Waals surface area contributed by atoms with Crippen molar-refractivity contribution in [2.24, 2.45) is 0 Å². The van der Waals surface area contributed by atoms with Crippen LogP contribution in [0, 0.1) is 6.92 Å². The molecule has 0 aromatic carbocycles. The van der Waals surface area contributed by atoms with Gasteiger partial charge in [-0.25, -0.2) is 9.78 Å². The number of carbonyl (C=O) groups excluding carboxylic acids is 1. The summed E-state index contributed by atoms with van der Waals surface area (Å²) in [6.07, 6.45) is 4.89. The van der Waals surface area contributed by atoms with Crippen LogP contribution in [-0.4, -0.2) is 22.1 Å². The Hall–Kier alpha value is -1.78. The van der Waals surface area contributed by atoms with Gasteiger partial charge in [0.1, 0.15) is 11.6 Å². The summed E-state index contributed by atoms with van der Waals surface area (Å²) in [5.41, 5.74) is 6.11. The number of hydrogen-bond donors (Lipinski definition) is 1. The molecule has 0 radical (unpaired) electrons. The molecule has 1 rings (SSSR count). The molecule has 0 spiro atoms. The van der Waals surface area contributed by atoms with Gasteiger partial charge in [-0.15, -0.1) is 0 Å². The minimum atomic E-state index is -0.460. The summed E-state index contributed by atoms with van der Waals surface area (Å²) < 4.78 is 6.72. The molecule has 0 aliphatic carbocycles. The highest BCUT2D eigenvalue weighted by Crippen LogP contribution is 2.16. The summed E-state index contributed by atoms with van der Waals surface area (Å²) in [5.74, 6) is 0.651. The second-order valence-corrected chi connectivity index (χ2v) is 3.62. The number of nitrogens with two attached hydrogens (primary N) is 1. The number of nitrogens with zero attached hydrogens (tertiary/aromatic N) is 2. The third kappa shape index (κ3) is 3.09. The van der Waals surface area contributed by atoms with Crippen molar-refractivity contribution < 1.29 is 9.53 Å². The maximum atomic E-state index is 11.6. The molecule has 0 saturated heterocycles. The molecule has 5 heteroatoms. The second kappa shape index (κ2) is 6.08. The molecule has 0 aliphatic rings. The molecule has 1 aromatic rings. The van der Waals surface area contributed by atoms with E-state index in [-0.39, 0.29) is 5.69 Å². The zero-order chi connectivity index (χ0) is 12.8. The Morgan fingerprint density at radius 1 is 1.59 bits per heavy atom. The summed E-state index contributed by atoms with van der Waals surface area (Å²) in [6.45, 7) is 6.59. The molecular weight excluding hydrogens is 218 g/mol. The first-order chi connectivity index (χ1) is 8.11. The van der Waals surface area contributed by atoms with Gasteiger partial charge in [-0.3, -0.25) is 0 Å². The molecular formula is C12H19N3O2. The lowest BCUT2D eigenvalue weighted by Gasteiger charge is -2.05. The number of rotatable bonds is 5. The summed E-state index contributed by atoms with van der Waals surface area (Å²) in [6, 6.07) is 0. The van der Waals surface area contributed by atoms with E-state index in [1.165, 1.54) is 0 Å². The van der Waals surface area contributed by atoms with E-state index < -0.39 is 5.97 Å². The van der Waals surface area contributed by atoms with Crippen molar-refractivity contribution in [2.75, 3.05) is 12.3 Å². The van der Waals surface area contributed by atoms with Crippen molar-refractivity contribution in [3.8, 4) is 0 Å². The molecule has 0 amide bonds. The predicted octanol–water partition coefficient (Wildman–Crippen LogP) is 1.92. The fraction of sp³-hybridized carbons (Fsp3) is 0.500. The number of hydrogen-bond acceptors (Lipinski definition) is 4. The molecule has 2 N–H and O–H groups in total. The van der Waals surface area contributed by atoms with E-state index in [2.05, 4.69) is 4.98 Å². The molecule has 1 heterocycles. The van der Waals surface area contributed by atoms with Gasteiger partial charge in [0.15, 0.2) is 5.69 Å². The Labute approximate surface area is 101 Å². The molecule has 0 atom stereocenters. The summed E-state index contributed by atoms with van der Waals surface area (Å²) >= 11 is 0. The first-order valence-corrected chi connectivity index (χ1v) is 5.72. The number of aryl methyl sites for hydroxylation is 1. The minimum Gasteiger partial charge on any atom is -0.461 e. The molecule has 0 unspecified atom stereocenters. The normalized spacial score (nSPS) is 11.0. The van der Waals surface area contributed by atoms with Gasteiger partial charge < -0.3 is 15.0 Å². The van der Waals surface area contributed by atoms with Gasteiger partial charge in [0.25, 0.3) is 0 Å². The number of nitrogen functional groups attached to an aromatic ring is 1. The quantitative estimate of drug-likeness (QED) is 0.627. The van der Waals surface area contributed by atoms with Gasteiger partial charge in [-0.1, -0.05) is 12.2 Å². The second-order valence-electron chi connectivity index (χ2n) is 3.62. The highest BCUT2D eigenvalue weighted by molar-refractivity contribution is 5.92. The Morgan fingerprint density at radius 2 is 2.29 bits per heavy atom. The Balaban J connectivity index is 2.89. The van der Waals surface area contributed by atoms with Gasteiger partial charge >= 0.3 is 5.97 Å². The number of ether oxygens (including phenoxy) is 1. The average molecular weight is 237 g/mol. The van der Waals surface area contributed by atoms with Gasteiger partial charge in [-0.2, -0.15) is 0 Å². The van der Waals surface area contributed by atoms with Crippen LogP contribution in [0.5, 0.6) is 0 Å².